The molecule has 1 aromatic heterocycles. The van der Waals surface area contributed by atoms with Gasteiger partial charge in [0.25, 0.3) is 0 Å². The van der Waals surface area contributed by atoms with Crippen molar-refractivity contribution in [1.29, 1.82) is 0 Å². The van der Waals surface area contributed by atoms with E-state index in [4.69, 9.17) is 33.7 Å². The summed E-state index contributed by atoms with van der Waals surface area (Å²) in [5, 5.41) is 3.85. The minimum Gasteiger partial charge on any atom is -0.497 e. The van der Waals surface area contributed by atoms with E-state index in [9.17, 15) is 0 Å². The van der Waals surface area contributed by atoms with Crippen LogP contribution in [0.4, 0.5) is 17.5 Å². The second kappa shape index (κ2) is 5.29. The van der Waals surface area contributed by atoms with Gasteiger partial charge in [-0.05, 0) is 12.1 Å². The average molecular weight is 285 g/mol. The quantitative estimate of drug-likeness (QED) is 0.906. The minimum atomic E-state index is 0.126. The van der Waals surface area contributed by atoms with Crippen molar-refractivity contribution in [3.05, 3.63) is 34.4 Å². The van der Waals surface area contributed by atoms with Crippen molar-refractivity contribution in [3.63, 3.8) is 0 Å². The summed E-state index contributed by atoms with van der Waals surface area (Å²) in [5.74, 6) is 1.18. The molecule has 0 radical (unpaired) electrons. The van der Waals surface area contributed by atoms with Gasteiger partial charge < -0.3 is 15.8 Å². The zero-order valence-corrected chi connectivity index (χ0v) is 11.0. The maximum absolute atomic E-state index is 6.06. The molecule has 0 atom stereocenters. The highest BCUT2D eigenvalue weighted by Crippen LogP contribution is 2.31. The van der Waals surface area contributed by atoms with Gasteiger partial charge in [-0.15, -0.1) is 0 Å². The highest BCUT2D eigenvalue weighted by molar-refractivity contribution is 6.34. The normalized spacial score (nSPS) is 10.2. The number of nitrogens with one attached hydrogen (secondary N) is 1. The highest BCUT2D eigenvalue weighted by Gasteiger charge is 2.08. The lowest BCUT2D eigenvalue weighted by atomic mass is 10.3. The summed E-state index contributed by atoms with van der Waals surface area (Å²) in [7, 11) is 1.57. The van der Waals surface area contributed by atoms with Crippen LogP contribution in [0.1, 0.15) is 0 Å². The minimum absolute atomic E-state index is 0.126. The van der Waals surface area contributed by atoms with Crippen molar-refractivity contribution in [3.8, 4) is 5.75 Å². The summed E-state index contributed by atoms with van der Waals surface area (Å²) in [6.07, 6.45) is 1.42. The van der Waals surface area contributed by atoms with Gasteiger partial charge in [-0.1, -0.05) is 23.2 Å². The Morgan fingerprint density at radius 1 is 1.28 bits per heavy atom. The van der Waals surface area contributed by atoms with Crippen LogP contribution in [0.15, 0.2) is 24.4 Å². The SMILES string of the molecule is COc1ccc(Cl)c(Nc2nc(N)ncc2Cl)c1. The van der Waals surface area contributed by atoms with Crippen LogP contribution in [0.3, 0.4) is 0 Å². The summed E-state index contributed by atoms with van der Waals surface area (Å²) in [6, 6.07) is 5.20. The van der Waals surface area contributed by atoms with Crippen LogP contribution in [-0.2, 0) is 0 Å². The van der Waals surface area contributed by atoms with Crippen molar-refractivity contribution < 1.29 is 4.74 Å². The summed E-state index contributed by atoms with van der Waals surface area (Å²) >= 11 is 12.0. The number of aromatic nitrogens is 2. The molecule has 0 aliphatic heterocycles. The maximum atomic E-state index is 6.06. The number of anilines is 3. The van der Waals surface area contributed by atoms with Gasteiger partial charge in [0.05, 0.1) is 24.0 Å². The molecule has 0 saturated carbocycles. The Labute approximate surface area is 114 Å². The van der Waals surface area contributed by atoms with Crippen molar-refractivity contribution in [2.75, 3.05) is 18.2 Å². The molecule has 1 aromatic carbocycles. The molecule has 0 amide bonds. The first kappa shape index (κ1) is 12.7. The zero-order chi connectivity index (χ0) is 13.1. The molecule has 0 unspecified atom stereocenters. The maximum Gasteiger partial charge on any atom is 0.222 e. The summed E-state index contributed by atoms with van der Waals surface area (Å²) in [5.41, 5.74) is 6.12. The fourth-order valence-corrected chi connectivity index (χ4v) is 1.63. The van der Waals surface area contributed by atoms with Gasteiger partial charge in [-0.2, -0.15) is 4.98 Å². The van der Waals surface area contributed by atoms with E-state index in [0.717, 1.165) is 0 Å². The van der Waals surface area contributed by atoms with Crippen LogP contribution < -0.4 is 15.8 Å². The van der Waals surface area contributed by atoms with Crippen LogP contribution in [0.2, 0.25) is 10.0 Å². The highest BCUT2D eigenvalue weighted by atomic mass is 35.5. The van der Waals surface area contributed by atoms with E-state index < -0.39 is 0 Å². The van der Waals surface area contributed by atoms with Gasteiger partial charge in [0.1, 0.15) is 10.8 Å². The standard InChI is InChI=1S/C11H10Cl2N4O/c1-18-6-2-3-7(12)9(4-6)16-10-8(13)5-15-11(14)17-10/h2-5H,1H3,(H3,14,15,16,17). The molecule has 0 aliphatic rings. The van der Waals surface area contributed by atoms with Gasteiger partial charge in [-0.3, -0.25) is 0 Å². The van der Waals surface area contributed by atoms with Crippen LogP contribution in [0.5, 0.6) is 5.75 Å². The van der Waals surface area contributed by atoms with Crippen LogP contribution in [0.25, 0.3) is 0 Å². The monoisotopic (exact) mass is 284 g/mol. The van der Waals surface area contributed by atoms with Crippen LogP contribution in [0, 0.1) is 0 Å². The fraction of sp³-hybridized carbons (Fsp3) is 0.0909. The summed E-state index contributed by atoms with van der Waals surface area (Å²) < 4.78 is 5.11. The van der Waals surface area contributed by atoms with E-state index >= 15 is 0 Å². The molecular formula is C11H10Cl2N4O. The van der Waals surface area contributed by atoms with E-state index in [2.05, 4.69) is 15.3 Å². The van der Waals surface area contributed by atoms with Gasteiger partial charge in [0.2, 0.25) is 5.95 Å². The third-order valence-electron chi connectivity index (χ3n) is 2.19. The van der Waals surface area contributed by atoms with E-state index in [1.54, 1.807) is 25.3 Å². The molecule has 2 rings (SSSR count). The summed E-state index contributed by atoms with van der Waals surface area (Å²) in [6.45, 7) is 0. The number of rotatable bonds is 3. The Balaban J connectivity index is 2.36. The smallest absolute Gasteiger partial charge is 0.222 e. The number of nitrogens with zero attached hydrogens (tertiary/aromatic N) is 2. The first-order valence-electron chi connectivity index (χ1n) is 4.98. The molecule has 0 fully saturated rings. The van der Waals surface area contributed by atoms with E-state index in [1.165, 1.54) is 6.20 Å². The number of nitrogen functional groups attached to an aromatic ring is 1. The Bertz CT molecular complexity index is 577. The largest absolute Gasteiger partial charge is 0.497 e. The van der Waals surface area contributed by atoms with Crippen LogP contribution in [-0.4, -0.2) is 17.1 Å². The molecule has 18 heavy (non-hydrogen) atoms. The number of halogens is 2. The molecule has 0 saturated heterocycles. The molecule has 0 spiro atoms. The molecule has 0 aliphatic carbocycles. The summed E-state index contributed by atoms with van der Waals surface area (Å²) in [4.78, 5) is 7.76. The third-order valence-corrected chi connectivity index (χ3v) is 2.80. The Morgan fingerprint density at radius 2 is 2.06 bits per heavy atom. The van der Waals surface area contributed by atoms with Gasteiger partial charge >= 0.3 is 0 Å². The Morgan fingerprint density at radius 3 is 2.78 bits per heavy atom. The van der Waals surface area contributed by atoms with Gasteiger partial charge in [0.15, 0.2) is 5.82 Å². The topological polar surface area (TPSA) is 73.1 Å². The van der Waals surface area contributed by atoms with E-state index in [-0.39, 0.29) is 5.95 Å². The zero-order valence-electron chi connectivity index (χ0n) is 9.45. The number of hydrogen-bond acceptors (Lipinski definition) is 5. The lowest BCUT2D eigenvalue weighted by Crippen LogP contribution is -2.01. The molecule has 7 heteroatoms. The predicted molar refractivity (Wildman–Crippen MR) is 72.7 cm³/mol. The van der Waals surface area contributed by atoms with Crippen molar-refractivity contribution in [2.24, 2.45) is 0 Å². The van der Waals surface area contributed by atoms with Crippen molar-refractivity contribution >= 4 is 40.7 Å². The van der Waals surface area contributed by atoms with E-state index in [1.807, 2.05) is 0 Å². The number of methoxy groups -OCH3 is 1. The predicted octanol–water partition coefficient (Wildman–Crippen LogP) is 3.12. The molecule has 1 heterocycles. The molecular weight excluding hydrogens is 275 g/mol. The van der Waals surface area contributed by atoms with E-state index in [0.29, 0.717) is 27.3 Å². The molecule has 3 N–H and O–H groups in total. The second-order valence-corrected chi connectivity index (χ2v) is 4.21. The number of benzene rings is 1. The number of ether oxygens (including phenoxy) is 1. The molecule has 0 bridgehead atoms. The lowest BCUT2D eigenvalue weighted by Gasteiger charge is -2.10. The molecule has 5 nitrogen and oxygen atoms in total. The van der Waals surface area contributed by atoms with Crippen molar-refractivity contribution in [1.82, 2.24) is 9.97 Å². The number of hydrogen-bond donors (Lipinski definition) is 2. The third kappa shape index (κ3) is 2.75. The first-order chi connectivity index (χ1) is 8.60. The van der Waals surface area contributed by atoms with Gasteiger partial charge in [0, 0.05) is 6.07 Å². The first-order valence-corrected chi connectivity index (χ1v) is 5.74. The Hall–Kier alpha value is -1.72. The fourth-order valence-electron chi connectivity index (χ4n) is 1.32. The Kier molecular flexibility index (Phi) is 3.74. The lowest BCUT2D eigenvalue weighted by molar-refractivity contribution is 0.415. The second-order valence-electron chi connectivity index (χ2n) is 3.40. The number of nitrogens with two attached hydrogens (primary N) is 1. The average Bonchev–Trinajstić information content (AvgIpc) is 2.36. The van der Waals surface area contributed by atoms with Gasteiger partial charge in [-0.25, -0.2) is 4.98 Å². The molecule has 2 aromatic rings. The van der Waals surface area contributed by atoms with Crippen molar-refractivity contribution in [2.45, 2.75) is 0 Å². The molecule has 94 valence electrons. The van der Waals surface area contributed by atoms with Crippen LogP contribution >= 0.6 is 23.2 Å².